The zero-order valence-electron chi connectivity index (χ0n) is 18.9. The standard InChI is InChI=1S/C25H23F3N6O/c1-34-23-21(22(29)33-34)19(13-20(32-23)15-4-2-5-15)14-8-10-17(11-9-14)30-24(35)31-18-7-3-6-16(12-18)25(26,27)28/h3,6-13,15H,2,4-5H2,1H3,(H2,29,33)(H2,30,31,35). The van der Waals surface area contributed by atoms with Crippen molar-refractivity contribution in [1.82, 2.24) is 14.8 Å². The van der Waals surface area contributed by atoms with E-state index in [1.807, 2.05) is 19.2 Å². The first kappa shape index (κ1) is 22.7. The molecule has 0 unspecified atom stereocenters. The lowest BCUT2D eigenvalue weighted by molar-refractivity contribution is -0.137. The van der Waals surface area contributed by atoms with E-state index in [1.165, 1.54) is 18.6 Å². The highest BCUT2D eigenvalue weighted by Gasteiger charge is 2.30. The smallest absolute Gasteiger partial charge is 0.382 e. The van der Waals surface area contributed by atoms with E-state index in [9.17, 15) is 18.0 Å². The summed E-state index contributed by atoms with van der Waals surface area (Å²) in [5, 5.41) is 10.2. The molecule has 1 aliphatic carbocycles. The van der Waals surface area contributed by atoms with Gasteiger partial charge in [0.05, 0.1) is 10.9 Å². The molecule has 180 valence electrons. The van der Waals surface area contributed by atoms with Crippen LogP contribution in [0.2, 0.25) is 0 Å². The molecule has 35 heavy (non-hydrogen) atoms. The molecule has 0 aliphatic heterocycles. The predicted molar refractivity (Wildman–Crippen MR) is 129 cm³/mol. The van der Waals surface area contributed by atoms with Gasteiger partial charge >= 0.3 is 12.2 Å². The van der Waals surface area contributed by atoms with Crippen molar-refractivity contribution in [3.8, 4) is 11.1 Å². The second-order valence-corrected chi connectivity index (χ2v) is 8.67. The van der Waals surface area contributed by atoms with Crippen molar-refractivity contribution in [2.45, 2.75) is 31.4 Å². The van der Waals surface area contributed by atoms with Gasteiger partial charge in [0.15, 0.2) is 11.5 Å². The van der Waals surface area contributed by atoms with E-state index in [0.29, 0.717) is 17.4 Å². The molecule has 7 nitrogen and oxygen atoms in total. The van der Waals surface area contributed by atoms with Gasteiger partial charge in [-0.25, -0.2) is 14.5 Å². The van der Waals surface area contributed by atoms with Crippen LogP contribution in [0.5, 0.6) is 0 Å². The van der Waals surface area contributed by atoms with Gasteiger partial charge in [-0.1, -0.05) is 24.6 Å². The third-order valence-electron chi connectivity index (χ3n) is 6.27. The minimum atomic E-state index is -4.49. The number of alkyl halides is 3. The number of rotatable bonds is 4. The molecule has 5 rings (SSSR count). The fraction of sp³-hybridized carbons (Fsp3) is 0.240. The molecule has 1 saturated carbocycles. The number of urea groups is 1. The number of hydrogen-bond acceptors (Lipinski definition) is 4. The van der Waals surface area contributed by atoms with Crippen molar-refractivity contribution in [3.05, 3.63) is 65.9 Å². The van der Waals surface area contributed by atoms with Crippen LogP contribution in [-0.4, -0.2) is 20.8 Å². The van der Waals surface area contributed by atoms with Crippen molar-refractivity contribution in [1.29, 1.82) is 0 Å². The van der Waals surface area contributed by atoms with Crippen LogP contribution in [0.4, 0.5) is 35.2 Å². The lowest BCUT2D eigenvalue weighted by Gasteiger charge is -2.25. The first-order valence-electron chi connectivity index (χ1n) is 11.2. The number of benzene rings is 2. The quantitative estimate of drug-likeness (QED) is 0.326. The Morgan fingerprint density at radius 3 is 2.43 bits per heavy atom. The summed E-state index contributed by atoms with van der Waals surface area (Å²) >= 11 is 0. The van der Waals surface area contributed by atoms with E-state index < -0.39 is 17.8 Å². The van der Waals surface area contributed by atoms with Gasteiger partial charge in [-0.3, -0.25) is 0 Å². The average Bonchev–Trinajstić information content (AvgIpc) is 3.05. The highest BCUT2D eigenvalue weighted by Crippen LogP contribution is 2.40. The van der Waals surface area contributed by atoms with Crippen molar-refractivity contribution in [2.75, 3.05) is 16.4 Å². The second-order valence-electron chi connectivity index (χ2n) is 8.67. The number of carbonyl (C=O) groups excluding carboxylic acids is 1. The van der Waals surface area contributed by atoms with E-state index in [1.54, 1.807) is 16.8 Å². The molecule has 4 N–H and O–H groups in total. The van der Waals surface area contributed by atoms with Gasteiger partial charge in [0.1, 0.15) is 0 Å². The maximum Gasteiger partial charge on any atom is 0.416 e. The predicted octanol–water partition coefficient (Wildman–Crippen LogP) is 6.15. The number of amides is 2. The van der Waals surface area contributed by atoms with E-state index in [-0.39, 0.29) is 5.69 Å². The van der Waals surface area contributed by atoms with Crippen LogP contribution in [-0.2, 0) is 13.2 Å². The molecule has 0 radical (unpaired) electrons. The van der Waals surface area contributed by atoms with Gasteiger partial charge in [0, 0.05) is 30.0 Å². The fourth-order valence-corrected chi connectivity index (χ4v) is 4.24. The molecule has 1 fully saturated rings. The summed E-state index contributed by atoms with van der Waals surface area (Å²) in [4.78, 5) is 17.1. The van der Waals surface area contributed by atoms with E-state index in [4.69, 9.17) is 10.7 Å². The Morgan fingerprint density at radius 2 is 1.77 bits per heavy atom. The third-order valence-corrected chi connectivity index (χ3v) is 6.27. The van der Waals surface area contributed by atoms with Gasteiger partial charge in [-0.15, -0.1) is 0 Å². The highest BCUT2D eigenvalue weighted by molar-refractivity contribution is 6.02. The molecule has 4 aromatic rings. The van der Waals surface area contributed by atoms with Crippen molar-refractivity contribution < 1.29 is 18.0 Å². The minimum Gasteiger partial charge on any atom is -0.382 e. The molecule has 2 amide bonds. The number of nitrogen functional groups attached to an aromatic ring is 1. The number of halogens is 3. The zero-order valence-corrected chi connectivity index (χ0v) is 18.9. The Bertz CT molecular complexity index is 1410. The van der Waals surface area contributed by atoms with Crippen LogP contribution >= 0.6 is 0 Å². The Morgan fingerprint density at radius 1 is 1.06 bits per heavy atom. The highest BCUT2D eigenvalue weighted by atomic mass is 19.4. The number of carbonyl (C=O) groups is 1. The topological polar surface area (TPSA) is 97.9 Å². The molecule has 2 aromatic heterocycles. The fourth-order valence-electron chi connectivity index (χ4n) is 4.24. The molecule has 0 spiro atoms. The van der Waals surface area contributed by atoms with Crippen molar-refractivity contribution >= 4 is 34.3 Å². The number of anilines is 3. The minimum absolute atomic E-state index is 0.0451. The lowest BCUT2D eigenvalue weighted by Crippen LogP contribution is -2.19. The Labute approximate surface area is 199 Å². The number of pyridine rings is 1. The van der Waals surface area contributed by atoms with E-state index in [0.717, 1.165) is 52.8 Å². The molecular weight excluding hydrogens is 457 g/mol. The normalized spacial score (nSPS) is 14.1. The SMILES string of the molecule is Cn1nc(N)c2c(-c3ccc(NC(=O)Nc4cccc(C(F)(F)F)c4)cc3)cc(C3CCC3)nc21. The zero-order chi connectivity index (χ0) is 24.7. The number of hydrogen-bond donors (Lipinski definition) is 3. The van der Waals surface area contributed by atoms with Gasteiger partial charge < -0.3 is 16.4 Å². The molecule has 0 bridgehead atoms. The Hall–Kier alpha value is -4.08. The summed E-state index contributed by atoms with van der Waals surface area (Å²) in [6, 6.07) is 13.0. The number of nitrogens with two attached hydrogens (primary N) is 1. The van der Waals surface area contributed by atoms with Crippen LogP contribution in [0, 0.1) is 0 Å². The van der Waals surface area contributed by atoms with Gasteiger partial charge in [-0.05, 0) is 60.4 Å². The number of aryl methyl sites for hydroxylation is 1. The van der Waals surface area contributed by atoms with Crippen LogP contribution in [0.15, 0.2) is 54.6 Å². The molecular formula is C25H23F3N6O. The van der Waals surface area contributed by atoms with Gasteiger partial charge in [0.2, 0.25) is 0 Å². The molecule has 1 aliphatic rings. The van der Waals surface area contributed by atoms with E-state index in [2.05, 4.69) is 21.8 Å². The lowest BCUT2D eigenvalue weighted by atomic mass is 9.82. The molecule has 0 saturated heterocycles. The maximum absolute atomic E-state index is 12.9. The summed E-state index contributed by atoms with van der Waals surface area (Å²) in [5.74, 6) is 0.822. The number of nitrogens with zero attached hydrogens (tertiary/aromatic N) is 3. The molecule has 10 heteroatoms. The average molecular weight is 480 g/mol. The van der Waals surface area contributed by atoms with Crippen LogP contribution < -0.4 is 16.4 Å². The summed E-state index contributed by atoms with van der Waals surface area (Å²) in [6.07, 6.45) is -1.08. The first-order chi connectivity index (χ1) is 16.7. The summed E-state index contributed by atoms with van der Waals surface area (Å²) in [7, 11) is 1.82. The van der Waals surface area contributed by atoms with Crippen LogP contribution in [0.1, 0.15) is 36.4 Å². The first-order valence-corrected chi connectivity index (χ1v) is 11.2. The number of nitrogens with one attached hydrogen (secondary N) is 2. The van der Waals surface area contributed by atoms with Gasteiger partial charge in [0.25, 0.3) is 0 Å². The van der Waals surface area contributed by atoms with Crippen molar-refractivity contribution in [2.24, 2.45) is 7.05 Å². The van der Waals surface area contributed by atoms with Gasteiger partial charge in [-0.2, -0.15) is 18.3 Å². The molecule has 2 aromatic carbocycles. The second kappa shape index (κ2) is 8.61. The summed E-state index contributed by atoms with van der Waals surface area (Å²) < 4.78 is 40.4. The number of aromatic nitrogens is 3. The van der Waals surface area contributed by atoms with Crippen LogP contribution in [0.25, 0.3) is 22.2 Å². The Kier molecular flexibility index (Phi) is 5.58. The maximum atomic E-state index is 12.9. The summed E-state index contributed by atoms with van der Waals surface area (Å²) in [5.41, 5.74) is 9.44. The summed E-state index contributed by atoms with van der Waals surface area (Å²) in [6.45, 7) is 0. The molecule has 0 atom stereocenters. The Balaban J connectivity index is 1.37. The number of fused-ring (bicyclic) bond motifs is 1. The van der Waals surface area contributed by atoms with Crippen molar-refractivity contribution in [3.63, 3.8) is 0 Å². The van der Waals surface area contributed by atoms with Crippen LogP contribution in [0.3, 0.4) is 0 Å². The largest absolute Gasteiger partial charge is 0.416 e. The van der Waals surface area contributed by atoms with E-state index >= 15 is 0 Å². The third kappa shape index (κ3) is 4.51. The molecule has 2 heterocycles. The monoisotopic (exact) mass is 480 g/mol.